The summed E-state index contributed by atoms with van der Waals surface area (Å²) in [6.07, 6.45) is 5.59. The molecule has 24 heavy (non-hydrogen) atoms. The molecule has 1 saturated carbocycles. The molecule has 1 fully saturated rings. The van der Waals surface area contributed by atoms with Gasteiger partial charge in [-0.3, -0.25) is 4.98 Å². The summed E-state index contributed by atoms with van der Waals surface area (Å²) >= 11 is 0. The molecule has 130 valence electrons. The molecule has 3 rings (SSSR count). The van der Waals surface area contributed by atoms with Crippen LogP contribution in [0.4, 0.5) is 5.69 Å². The van der Waals surface area contributed by atoms with Crippen LogP contribution in [0.2, 0.25) is 0 Å². The third kappa shape index (κ3) is 3.56. The standard InChI is InChI=1S/C19H26N2O3/c1-3-23-18-11-13-14(21-15-7-5-6-8-17(15)22)9-10-20-16(13)12-19(18)24-4-2/h9-12,15,17,22H,3-8H2,1-2H3,(H,20,21)/t15-,17-/m0/s1. The summed E-state index contributed by atoms with van der Waals surface area (Å²) in [6.45, 7) is 5.07. The highest BCUT2D eigenvalue weighted by atomic mass is 16.5. The van der Waals surface area contributed by atoms with Crippen LogP contribution in [0.25, 0.3) is 10.9 Å². The minimum absolute atomic E-state index is 0.0893. The molecular formula is C19H26N2O3. The topological polar surface area (TPSA) is 63.6 Å². The average Bonchev–Trinajstić information content (AvgIpc) is 2.58. The number of hydrogen-bond acceptors (Lipinski definition) is 5. The molecule has 0 bridgehead atoms. The Morgan fingerprint density at radius 3 is 2.54 bits per heavy atom. The Labute approximate surface area is 143 Å². The molecule has 2 N–H and O–H groups in total. The van der Waals surface area contributed by atoms with Gasteiger partial charge in [-0.2, -0.15) is 0 Å². The Morgan fingerprint density at radius 1 is 1.12 bits per heavy atom. The summed E-state index contributed by atoms with van der Waals surface area (Å²) in [4.78, 5) is 4.46. The number of aliphatic hydroxyl groups excluding tert-OH is 1. The van der Waals surface area contributed by atoms with E-state index in [1.165, 1.54) is 0 Å². The van der Waals surface area contributed by atoms with Crippen molar-refractivity contribution in [3.63, 3.8) is 0 Å². The van der Waals surface area contributed by atoms with Crippen molar-refractivity contribution in [2.24, 2.45) is 0 Å². The van der Waals surface area contributed by atoms with Crippen LogP contribution < -0.4 is 14.8 Å². The Kier molecular flexibility index (Phi) is 5.41. The Balaban J connectivity index is 1.97. The minimum atomic E-state index is -0.295. The molecule has 0 radical (unpaired) electrons. The van der Waals surface area contributed by atoms with Crippen molar-refractivity contribution < 1.29 is 14.6 Å². The van der Waals surface area contributed by atoms with Gasteiger partial charge < -0.3 is 19.9 Å². The molecule has 0 saturated heterocycles. The van der Waals surface area contributed by atoms with Crippen molar-refractivity contribution in [3.05, 3.63) is 24.4 Å². The van der Waals surface area contributed by atoms with Gasteiger partial charge in [-0.05, 0) is 38.8 Å². The van der Waals surface area contributed by atoms with Crippen molar-refractivity contribution in [2.45, 2.75) is 51.7 Å². The van der Waals surface area contributed by atoms with Gasteiger partial charge in [0.1, 0.15) is 0 Å². The smallest absolute Gasteiger partial charge is 0.163 e. The van der Waals surface area contributed by atoms with E-state index < -0.39 is 0 Å². The van der Waals surface area contributed by atoms with Gasteiger partial charge in [0.25, 0.3) is 0 Å². The fraction of sp³-hybridized carbons (Fsp3) is 0.526. The molecule has 5 heteroatoms. The van der Waals surface area contributed by atoms with Crippen LogP contribution in [0, 0.1) is 0 Å². The summed E-state index contributed by atoms with van der Waals surface area (Å²) in [5, 5.41) is 14.7. The predicted octanol–water partition coefficient (Wildman–Crippen LogP) is 3.75. The van der Waals surface area contributed by atoms with E-state index >= 15 is 0 Å². The van der Waals surface area contributed by atoms with Crippen LogP contribution in [-0.2, 0) is 0 Å². The monoisotopic (exact) mass is 330 g/mol. The van der Waals surface area contributed by atoms with Gasteiger partial charge in [0, 0.05) is 23.3 Å². The van der Waals surface area contributed by atoms with E-state index in [-0.39, 0.29) is 12.1 Å². The Bertz CT molecular complexity index is 690. The summed E-state index contributed by atoms with van der Waals surface area (Å²) in [5.74, 6) is 1.45. The van der Waals surface area contributed by atoms with E-state index in [0.29, 0.717) is 19.0 Å². The summed E-state index contributed by atoms with van der Waals surface area (Å²) in [5.41, 5.74) is 1.84. The van der Waals surface area contributed by atoms with E-state index in [0.717, 1.165) is 48.0 Å². The third-order valence-corrected chi connectivity index (χ3v) is 4.48. The van der Waals surface area contributed by atoms with Crippen LogP contribution in [-0.4, -0.2) is 35.5 Å². The predicted molar refractivity (Wildman–Crippen MR) is 96.0 cm³/mol. The lowest BCUT2D eigenvalue weighted by atomic mass is 9.92. The first kappa shape index (κ1) is 16.8. The number of benzene rings is 1. The zero-order valence-electron chi connectivity index (χ0n) is 14.4. The van der Waals surface area contributed by atoms with Gasteiger partial charge in [0.15, 0.2) is 11.5 Å². The second kappa shape index (κ2) is 7.71. The molecule has 1 aromatic carbocycles. The van der Waals surface area contributed by atoms with Crippen LogP contribution in [0.5, 0.6) is 11.5 Å². The lowest BCUT2D eigenvalue weighted by molar-refractivity contribution is 0.116. The molecule has 2 aromatic rings. The van der Waals surface area contributed by atoms with Crippen molar-refractivity contribution in [1.29, 1.82) is 0 Å². The van der Waals surface area contributed by atoms with Gasteiger partial charge in [0.05, 0.1) is 30.9 Å². The van der Waals surface area contributed by atoms with Gasteiger partial charge in [-0.25, -0.2) is 0 Å². The molecule has 1 aromatic heterocycles. The number of rotatable bonds is 6. The number of nitrogens with zero attached hydrogens (tertiary/aromatic N) is 1. The normalized spacial score (nSPS) is 20.8. The fourth-order valence-electron chi connectivity index (χ4n) is 3.30. The molecular weight excluding hydrogens is 304 g/mol. The van der Waals surface area contributed by atoms with E-state index in [4.69, 9.17) is 9.47 Å². The fourth-order valence-corrected chi connectivity index (χ4v) is 3.30. The molecule has 5 nitrogen and oxygen atoms in total. The molecule has 0 aliphatic heterocycles. The maximum absolute atomic E-state index is 10.2. The Hall–Kier alpha value is -2.01. The lowest BCUT2D eigenvalue weighted by Gasteiger charge is -2.29. The van der Waals surface area contributed by atoms with Gasteiger partial charge in [-0.1, -0.05) is 12.8 Å². The van der Waals surface area contributed by atoms with E-state index in [2.05, 4.69) is 10.3 Å². The number of fused-ring (bicyclic) bond motifs is 1. The first-order valence-corrected chi connectivity index (χ1v) is 8.86. The van der Waals surface area contributed by atoms with Crippen molar-refractivity contribution in [3.8, 4) is 11.5 Å². The Morgan fingerprint density at radius 2 is 1.83 bits per heavy atom. The summed E-state index contributed by atoms with van der Waals surface area (Å²) in [6, 6.07) is 5.95. The first-order valence-electron chi connectivity index (χ1n) is 8.86. The minimum Gasteiger partial charge on any atom is -0.490 e. The van der Waals surface area contributed by atoms with Crippen molar-refractivity contribution in [2.75, 3.05) is 18.5 Å². The second-order valence-electron chi connectivity index (χ2n) is 6.14. The van der Waals surface area contributed by atoms with E-state index in [1.807, 2.05) is 32.0 Å². The van der Waals surface area contributed by atoms with Crippen LogP contribution >= 0.6 is 0 Å². The number of ether oxygens (including phenoxy) is 2. The second-order valence-corrected chi connectivity index (χ2v) is 6.14. The quantitative estimate of drug-likeness (QED) is 0.844. The largest absolute Gasteiger partial charge is 0.490 e. The third-order valence-electron chi connectivity index (χ3n) is 4.48. The van der Waals surface area contributed by atoms with Crippen molar-refractivity contribution in [1.82, 2.24) is 4.98 Å². The van der Waals surface area contributed by atoms with Gasteiger partial charge in [0.2, 0.25) is 0 Å². The lowest BCUT2D eigenvalue weighted by Crippen LogP contribution is -2.36. The highest BCUT2D eigenvalue weighted by molar-refractivity contribution is 5.93. The molecule has 2 atom stereocenters. The molecule has 1 heterocycles. The van der Waals surface area contributed by atoms with E-state index in [9.17, 15) is 5.11 Å². The first-order chi connectivity index (χ1) is 11.7. The summed E-state index contributed by atoms with van der Waals surface area (Å²) < 4.78 is 11.4. The van der Waals surface area contributed by atoms with Crippen LogP contribution in [0.15, 0.2) is 24.4 Å². The van der Waals surface area contributed by atoms with Gasteiger partial charge >= 0.3 is 0 Å². The summed E-state index contributed by atoms with van der Waals surface area (Å²) in [7, 11) is 0. The maximum Gasteiger partial charge on any atom is 0.163 e. The maximum atomic E-state index is 10.2. The van der Waals surface area contributed by atoms with Crippen molar-refractivity contribution >= 4 is 16.6 Å². The van der Waals surface area contributed by atoms with Crippen LogP contribution in [0.3, 0.4) is 0 Å². The van der Waals surface area contributed by atoms with Crippen LogP contribution in [0.1, 0.15) is 39.5 Å². The molecule has 0 unspecified atom stereocenters. The zero-order valence-corrected chi connectivity index (χ0v) is 14.4. The number of pyridine rings is 1. The number of hydrogen-bond donors (Lipinski definition) is 2. The molecule has 0 spiro atoms. The number of aromatic nitrogens is 1. The number of nitrogens with one attached hydrogen (secondary N) is 1. The highest BCUT2D eigenvalue weighted by Gasteiger charge is 2.23. The molecule has 1 aliphatic carbocycles. The zero-order chi connectivity index (χ0) is 16.9. The van der Waals surface area contributed by atoms with Gasteiger partial charge in [-0.15, -0.1) is 0 Å². The number of aliphatic hydroxyl groups is 1. The molecule has 0 amide bonds. The highest BCUT2D eigenvalue weighted by Crippen LogP contribution is 2.35. The molecule has 1 aliphatic rings. The van der Waals surface area contributed by atoms with E-state index in [1.54, 1.807) is 6.20 Å². The number of anilines is 1. The average molecular weight is 330 g/mol. The SMILES string of the molecule is CCOc1cc2nccc(N[C@H]3CCCC[C@@H]3O)c2cc1OCC.